The van der Waals surface area contributed by atoms with Crippen LogP contribution in [0.2, 0.25) is 5.02 Å². The van der Waals surface area contributed by atoms with E-state index < -0.39 is 32.3 Å². The average Bonchev–Trinajstić information content (AvgIpc) is 2.66. The maximum absolute atomic E-state index is 13.3. The number of pyridine rings is 1. The first-order valence-corrected chi connectivity index (χ1v) is 10.5. The molecule has 11 nitrogen and oxygen atoms in total. The summed E-state index contributed by atoms with van der Waals surface area (Å²) in [7, 11) is -4.29. The van der Waals surface area contributed by atoms with E-state index in [0.717, 1.165) is 18.2 Å². The smallest absolute Gasteiger partial charge is 0.272 e. The van der Waals surface area contributed by atoms with Crippen molar-refractivity contribution in [3.63, 3.8) is 0 Å². The minimum absolute atomic E-state index is 0.0111. The van der Waals surface area contributed by atoms with E-state index in [9.17, 15) is 22.4 Å². The molecule has 1 aromatic carbocycles. The lowest BCUT2D eigenvalue weighted by Crippen LogP contribution is -2.30. The van der Waals surface area contributed by atoms with Gasteiger partial charge in [0.05, 0.1) is 22.9 Å². The number of nitrogens with two attached hydrogens (primary N) is 2. The third kappa shape index (κ3) is 6.86. The second-order valence-corrected chi connectivity index (χ2v) is 8.33. The van der Waals surface area contributed by atoms with Gasteiger partial charge >= 0.3 is 0 Å². The van der Waals surface area contributed by atoms with Gasteiger partial charge in [-0.05, 0) is 41.9 Å². The van der Waals surface area contributed by atoms with Gasteiger partial charge in [0.25, 0.3) is 15.6 Å². The number of sulfonamides is 1. The summed E-state index contributed by atoms with van der Waals surface area (Å²) < 4.78 is 40.8. The van der Waals surface area contributed by atoms with E-state index in [-0.39, 0.29) is 41.7 Å². The van der Waals surface area contributed by atoms with Crippen LogP contribution in [-0.2, 0) is 26.1 Å². The van der Waals surface area contributed by atoms with Gasteiger partial charge in [-0.3, -0.25) is 14.3 Å². The molecule has 0 atom stereocenters. The number of anilines is 1. The van der Waals surface area contributed by atoms with Gasteiger partial charge in [-0.25, -0.2) is 12.8 Å². The first-order valence-electron chi connectivity index (χ1n) is 8.68. The Bertz CT molecular complexity index is 1160. The molecule has 2 aromatic rings. The second kappa shape index (κ2) is 10.1. The van der Waals surface area contributed by atoms with Gasteiger partial charge in [-0.2, -0.15) is 0 Å². The number of carbonyl (C=O) groups is 1. The van der Waals surface area contributed by atoms with Crippen LogP contribution >= 0.6 is 11.6 Å². The largest absolute Gasteiger partial charge is 0.391 e. The molecule has 0 bridgehead atoms. The highest BCUT2D eigenvalue weighted by atomic mass is 35.5. The molecule has 0 unspecified atom stereocenters. The molecule has 0 saturated carbocycles. The summed E-state index contributed by atoms with van der Waals surface area (Å²) in [6, 6.07) is 4.24. The predicted octanol–water partition coefficient (Wildman–Crippen LogP) is 0.140. The van der Waals surface area contributed by atoms with Crippen LogP contribution < -0.4 is 27.1 Å². The highest BCUT2D eigenvalue weighted by Crippen LogP contribution is 2.22. The van der Waals surface area contributed by atoms with E-state index >= 15 is 0 Å². The summed E-state index contributed by atoms with van der Waals surface area (Å²) in [5.74, 6) is -1.58. The Kier molecular flexibility index (Phi) is 7.83. The van der Waals surface area contributed by atoms with Crippen LogP contribution in [0.4, 0.5) is 10.1 Å². The Morgan fingerprint density at radius 1 is 1.32 bits per heavy atom. The monoisotopic (exact) mass is 474 g/mol. The number of aryl methyl sites for hydroxylation is 1. The number of hydrogen-bond donors (Lipinski definition) is 5. The fraction of sp³-hybridized carbons (Fsp3) is 0.235. The number of nitrogens with zero attached hydrogens (tertiary/aromatic N) is 1. The number of H-pyrrole nitrogens is 1. The molecule has 1 heterocycles. The SMILES string of the molecule is Cc1cc(CC(=O)NCCON=C(N)N)c(NS(=O)(=O)c2ccc(F)c(Cl)c2)c(=O)[nH]1. The van der Waals surface area contributed by atoms with Gasteiger partial charge in [-0.1, -0.05) is 11.6 Å². The van der Waals surface area contributed by atoms with E-state index in [1.165, 1.54) is 6.07 Å². The van der Waals surface area contributed by atoms with E-state index in [1.807, 2.05) is 0 Å². The minimum atomic E-state index is -4.29. The fourth-order valence-corrected chi connectivity index (χ4v) is 3.81. The molecule has 1 amide bonds. The zero-order valence-electron chi connectivity index (χ0n) is 16.2. The maximum atomic E-state index is 13.3. The minimum Gasteiger partial charge on any atom is -0.391 e. The quantitative estimate of drug-likeness (QED) is 0.148. The molecule has 14 heteroatoms. The standard InChI is InChI=1S/C17H20ClFN6O5S/c1-9-6-10(7-14(26)22-4-5-30-24-17(20)21)15(16(27)23-9)25-31(28,29)11-2-3-13(19)12(18)8-11/h2-3,6,8,25H,4-5,7H2,1H3,(H,22,26)(H,23,27)(H4,20,21,24). The summed E-state index contributed by atoms with van der Waals surface area (Å²) in [6.07, 6.45) is -0.310. The molecule has 0 fully saturated rings. The summed E-state index contributed by atoms with van der Waals surface area (Å²) >= 11 is 5.64. The van der Waals surface area contributed by atoms with Crippen molar-refractivity contribution in [3.8, 4) is 0 Å². The van der Waals surface area contributed by atoms with Crippen LogP contribution in [0.3, 0.4) is 0 Å². The summed E-state index contributed by atoms with van der Waals surface area (Å²) in [4.78, 5) is 31.4. The van der Waals surface area contributed by atoms with Crippen LogP contribution in [0.25, 0.3) is 0 Å². The van der Waals surface area contributed by atoms with Crippen LogP contribution in [0.5, 0.6) is 0 Å². The van der Waals surface area contributed by atoms with Crippen LogP contribution in [0.1, 0.15) is 11.3 Å². The molecule has 0 aliphatic rings. The molecule has 0 saturated heterocycles. The number of aromatic amines is 1. The molecule has 7 N–H and O–H groups in total. The van der Waals surface area contributed by atoms with Crippen LogP contribution in [0, 0.1) is 12.7 Å². The number of benzene rings is 1. The van der Waals surface area contributed by atoms with Gasteiger partial charge < -0.3 is 26.6 Å². The first-order chi connectivity index (χ1) is 14.5. The number of rotatable bonds is 9. The van der Waals surface area contributed by atoms with Crippen LogP contribution in [0.15, 0.2) is 39.1 Å². The number of halogens is 2. The number of aromatic nitrogens is 1. The third-order valence-electron chi connectivity index (χ3n) is 3.72. The number of nitrogens with one attached hydrogen (secondary N) is 3. The van der Waals surface area contributed by atoms with Crippen LogP contribution in [-0.4, -0.2) is 38.4 Å². The van der Waals surface area contributed by atoms with E-state index in [0.29, 0.717) is 5.69 Å². The Balaban J connectivity index is 2.21. The van der Waals surface area contributed by atoms with Gasteiger partial charge in [-0.15, -0.1) is 0 Å². The van der Waals surface area contributed by atoms with Crippen molar-refractivity contribution in [2.75, 3.05) is 17.9 Å². The van der Waals surface area contributed by atoms with Gasteiger partial charge in [0.2, 0.25) is 11.9 Å². The Labute approximate surface area is 181 Å². The molecule has 168 valence electrons. The fourth-order valence-electron chi connectivity index (χ4n) is 2.44. The maximum Gasteiger partial charge on any atom is 0.272 e. The van der Waals surface area contributed by atoms with Crippen molar-refractivity contribution in [3.05, 3.63) is 56.7 Å². The van der Waals surface area contributed by atoms with Gasteiger partial charge in [0, 0.05) is 5.69 Å². The topological polar surface area (TPSA) is 182 Å². The molecule has 0 radical (unpaired) electrons. The van der Waals surface area contributed by atoms with Crippen molar-refractivity contribution in [1.29, 1.82) is 0 Å². The summed E-state index contributed by atoms with van der Waals surface area (Å²) in [5.41, 5.74) is 9.62. The molecule has 1 aromatic heterocycles. The van der Waals surface area contributed by atoms with Crippen molar-refractivity contribution < 1.29 is 22.4 Å². The molecule has 31 heavy (non-hydrogen) atoms. The molecule has 0 aliphatic carbocycles. The Morgan fingerprint density at radius 3 is 2.68 bits per heavy atom. The Hall–Kier alpha value is -3.32. The highest BCUT2D eigenvalue weighted by Gasteiger charge is 2.21. The van der Waals surface area contributed by atoms with Crippen molar-refractivity contribution in [2.45, 2.75) is 18.2 Å². The Morgan fingerprint density at radius 2 is 2.03 bits per heavy atom. The van der Waals surface area contributed by atoms with Crippen molar-refractivity contribution >= 4 is 39.2 Å². The number of amides is 1. The second-order valence-electron chi connectivity index (χ2n) is 6.24. The normalized spacial score (nSPS) is 10.9. The first kappa shape index (κ1) is 24.0. The zero-order valence-corrected chi connectivity index (χ0v) is 17.8. The van der Waals surface area contributed by atoms with Gasteiger partial charge in [0.1, 0.15) is 18.1 Å². The van der Waals surface area contributed by atoms with E-state index in [4.69, 9.17) is 27.9 Å². The molecular weight excluding hydrogens is 455 g/mol. The highest BCUT2D eigenvalue weighted by molar-refractivity contribution is 7.92. The lowest BCUT2D eigenvalue weighted by molar-refractivity contribution is -0.120. The predicted molar refractivity (Wildman–Crippen MR) is 112 cm³/mol. The molecule has 0 aliphatic heterocycles. The van der Waals surface area contributed by atoms with Crippen molar-refractivity contribution in [1.82, 2.24) is 10.3 Å². The number of carbonyl (C=O) groups excluding carboxylic acids is 1. The van der Waals surface area contributed by atoms with E-state index in [2.05, 4.69) is 20.2 Å². The number of hydrogen-bond acceptors (Lipinski definition) is 6. The molecule has 2 rings (SSSR count). The number of guanidine groups is 1. The lowest BCUT2D eigenvalue weighted by atomic mass is 10.1. The summed E-state index contributed by atoms with van der Waals surface area (Å²) in [6.45, 7) is 1.62. The third-order valence-corrected chi connectivity index (χ3v) is 5.36. The molecule has 0 spiro atoms. The number of oxime groups is 1. The average molecular weight is 475 g/mol. The van der Waals surface area contributed by atoms with E-state index in [1.54, 1.807) is 6.92 Å². The van der Waals surface area contributed by atoms with Crippen molar-refractivity contribution in [2.24, 2.45) is 16.6 Å². The lowest BCUT2D eigenvalue weighted by Gasteiger charge is -2.13. The van der Waals surface area contributed by atoms with Gasteiger partial charge in [0.15, 0.2) is 0 Å². The summed E-state index contributed by atoms with van der Waals surface area (Å²) in [5, 5.41) is 5.41. The molecular formula is C17H20ClFN6O5S. The zero-order chi connectivity index (χ0) is 23.2.